The van der Waals surface area contributed by atoms with Crippen LogP contribution < -0.4 is 4.74 Å². The van der Waals surface area contributed by atoms with Crippen molar-refractivity contribution in [3.05, 3.63) is 42.5 Å². The lowest BCUT2D eigenvalue weighted by molar-refractivity contribution is 0.263. The predicted molar refractivity (Wildman–Crippen MR) is 79.7 cm³/mol. The summed E-state index contributed by atoms with van der Waals surface area (Å²) in [6.07, 6.45) is 3.85. The highest BCUT2D eigenvalue weighted by Crippen LogP contribution is 2.20. The largest absolute Gasteiger partial charge is 0.494 e. The minimum atomic E-state index is 0.814. The molecule has 3 rings (SSSR count). The molecule has 100 valence electrons. The Labute approximate surface area is 115 Å². The first-order valence-electron chi connectivity index (χ1n) is 7.26. The molecule has 0 aliphatic carbocycles. The van der Waals surface area contributed by atoms with Crippen LogP contribution in [0.4, 0.5) is 0 Å². The summed E-state index contributed by atoms with van der Waals surface area (Å²) < 4.78 is 5.85. The average Bonchev–Trinajstić information content (AvgIpc) is 2.97. The van der Waals surface area contributed by atoms with Gasteiger partial charge in [0.05, 0.1) is 6.61 Å². The minimum absolute atomic E-state index is 0.814. The Morgan fingerprint density at radius 3 is 2.58 bits per heavy atom. The summed E-state index contributed by atoms with van der Waals surface area (Å²) >= 11 is 0. The van der Waals surface area contributed by atoms with Crippen LogP contribution in [0, 0.1) is 0 Å². The molecule has 0 bridgehead atoms. The third-order valence-corrected chi connectivity index (χ3v) is 3.81. The second-order valence-corrected chi connectivity index (χ2v) is 5.26. The Balaban J connectivity index is 1.50. The van der Waals surface area contributed by atoms with Gasteiger partial charge in [0.25, 0.3) is 0 Å². The molecule has 2 heteroatoms. The number of likely N-dealkylation sites (tertiary alicyclic amines) is 1. The van der Waals surface area contributed by atoms with E-state index in [0.29, 0.717) is 0 Å². The van der Waals surface area contributed by atoms with E-state index in [-0.39, 0.29) is 0 Å². The number of rotatable bonds is 5. The van der Waals surface area contributed by atoms with Crippen molar-refractivity contribution in [1.29, 1.82) is 0 Å². The fraction of sp³-hybridized carbons (Fsp3) is 0.412. The van der Waals surface area contributed by atoms with Gasteiger partial charge in [-0.2, -0.15) is 0 Å². The summed E-state index contributed by atoms with van der Waals surface area (Å²) in [7, 11) is 0. The van der Waals surface area contributed by atoms with Gasteiger partial charge in [0.15, 0.2) is 0 Å². The number of nitrogens with zero attached hydrogens (tertiary/aromatic N) is 1. The first-order chi connectivity index (χ1) is 9.42. The number of benzene rings is 2. The molecule has 2 nitrogen and oxygen atoms in total. The van der Waals surface area contributed by atoms with E-state index in [9.17, 15) is 0 Å². The number of hydrogen-bond donors (Lipinski definition) is 0. The van der Waals surface area contributed by atoms with Gasteiger partial charge >= 0.3 is 0 Å². The molecular formula is C17H21NO. The van der Waals surface area contributed by atoms with Crippen molar-refractivity contribution in [3.63, 3.8) is 0 Å². The normalized spacial score (nSPS) is 16.0. The van der Waals surface area contributed by atoms with Crippen LogP contribution in [0.1, 0.15) is 19.3 Å². The Kier molecular flexibility index (Phi) is 3.99. The summed E-state index contributed by atoms with van der Waals surface area (Å²) in [5.41, 5.74) is 0. The van der Waals surface area contributed by atoms with Crippen molar-refractivity contribution < 1.29 is 4.74 Å². The van der Waals surface area contributed by atoms with E-state index in [0.717, 1.165) is 18.8 Å². The predicted octanol–water partition coefficient (Wildman–Crippen LogP) is 3.70. The van der Waals surface area contributed by atoms with Gasteiger partial charge in [-0.1, -0.05) is 30.3 Å². The summed E-state index contributed by atoms with van der Waals surface area (Å²) in [6.45, 7) is 4.54. The van der Waals surface area contributed by atoms with Gasteiger partial charge in [-0.25, -0.2) is 0 Å². The zero-order valence-corrected chi connectivity index (χ0v) is 11.3. The molecule has 1 aliphatic heterocycles. The minimum Gasteiger partial charge on any atom is -0.494 e. The van der Waals surface area contributed by atoms with Crippen molar-refractivity contribution in [2.24, 2.45) is 0 Å². The van der Waals surface area contributed by atoms with Gasteiger partial charge in [0, 0.05) is 6.54 Å². The Hall–Kier alpha value is -1.54. The van der Waals surface area contributed by atoms with Gasteiger partial charge in [-0.05, 0) is 55.3 Å². The van der Waals surface area contributed by atoms with Crippen molar-refractivity contribution >= 4 is 10.8 Å². The molecule has 1 fully saturated rings. The van der Waals surface area contributed by atoms with Crippen LogP contribution in [0.25, 0.3) is 10.8 Å². The van der Waals surface area contributed by atoms with Crippen LogP contribution in [0.2, 0.25) is 0 Å². The van der Waals surface area contributed by atoms with Crippen molar-refractivity contribution in [1.82, 2.24) is 4.90 Å². The summed E-state index contributed by atoms with van der Waals surface area (Å²) in [6, 6.07) is 14.7. The second-order valence-electron chi connectivity index (χ2n) is 5.26. The highest BCUT2D eigenvalue weighted by Gasteiger charge is 2.10. The fourth-order valence-electron chi connectivity index (χ4n) is 2.74. The molecule has 0 saturated carbocycles. The molecule has 0 atom stereocenters. The van der Waals surface area contributed by atoms with Crippen LogP contribution in [0.15, 0.2) is 42.5 Å². The van der Waals surface area contributed by atoms with Crippen LogP contribution in [0.5, 0.6) is 5.75 Å². The van der Waals surface area contributed by atoms with Gasteiger partial charge in [0.2, 0.25) is 0 Å². The monoisotopic (exact) mass is 255 g/mol. The second kappa shape index (κ2) is 6.07. The van der Waals surface area contributed by atoms with Gasteiger partial charge in [0.1, 0.15) is 5.75 Å². The third kappa shape index (κ3) is 3.27. The van der Waals surface area contributed by atoms with E-state index >= 15 is 0 Å². The lowest BCUT2D eigenvalue weighted by Gasteiger charge is -2.14. The van der Waals surface area contributed by atoms with Crippen LogP contribution >= 0.6 is 0 Å². The fourth-order valence-corrected chi connectivity index (χ4v) is 2.74. The zero-order valence-electron chi connectivity index (χ0n) is 11.3. The molecule has 0 amide bonds. The molecule has 0 unspecified atom stereocenters. The molecular weight excluding hydrogens is 234 g/mol. The summed E-state index contributed by atoms with van der Waals surface area (Å²) in [5, 5.41) is 2.52. The summed E-state index contributed by atoms with van der Waals surface area (Å²) in [4.78, 5) is 2.53. The van der Waals surface area contributed by atoms with Gasteiger partial charge < -0.3 is 9.64 Å². The Bertz CT molecular complexity index is 532. The van der Waals surface area contributed by atoms with E-state index < -0.39 is 0 Å². The molecule has 1 saturated heterocycles. The van der Waals surface area contributed by atoms with Gasteiger partial charge in [-0.15, -0.1) is 0 Å². The smallest absolute Gasteiger partial charge is 0.119 e. The van der Waals surface area contributed by atoms with E-state index in [1.807, 2.05) is 0 Å². The average molecular weight is 255 g/mol. The standard InChI is InChI=1S/C17H21NO/c1-2-7-16-14-17(9-8-15(16)6-1)19-13-5-12-18-10-3-4-11-18/h1-2,6-9,14H,3-5,10-13H2. The molecule has 1 heterocycles. The van der Waals surface area contributed by atoms with Crippen LogP contribution in [0.3, 0.4) is 0 Å². The van der Waals surface area contributed by atoms with Gasteiger partial charge in [-0.3, -0.25) is 0 Å². The third-order valence-electron chi connectivity index (χ3n) is 3.81. The van der Waals surface area contributed by atoms with Crippen LogP contribution in [-0.4, -0.2) is 31.1 Å². The van der Waals surface area contributed by atoms with E-state index in [4.69, 9.17) is 4.74 Å². The number of ether oxygens (including phenoxy) is 1. The molecule has 0 radical (unpaired) electrons. The molecule has 1 aliphatic rings. The molecule has 0 aromatic heterocycles. The Morgan fingerprint density at radius 1 is 0.947 bits per heavy atom. The number of hydrogen-bond acceptors (Lipinski definition) is 2. The quantitative estimate of drug-likeness (QED) is 0.755. The van der Waals surface area contributed by atoms with Crippen molar-refractivity contribution in [3.8, 4) is 5.75 Å². The zero-order chi connectivity index (χ0) is 12.9. The maximum atomic E-state index is 5.85. The molecule has 2 aromatic carbocycles. The first kappa shape index (κ1) is 12.5. The molecule has 2 aromatic rings. The maximum absolute atomic E-state index is 5.85. The lowest BCUT2D eigenvalue weighted by Crippen LogP contribution is -2.21. The topological polar surface area (TPSA) is 12.5 Å². The van der Waals surface area contributed by atoms with Crippen LogP contribution in [-0.2, 0) is 0 Å². The maximum Gasteiger partial charge on any atom is 0.119 e. The Morgan fingerprint density at radius 2 is 1.74 bits per heavy atom. The van der Waals surface area contributed by atoms with E-state index in [2.05, 4.69) is 47.4 Å². The van der Waals surface area contributed by atoms with Crippen molar-refractivity contribution in [2.75, 3.05) is 26.2 Å². The highest BCUT2D eigenvalue weighted by molar-refractivity contribution is 5.83. The summed E-state index contributed by atoms with van der Waals surface area (Å²) in [5.74, 6) is 0.986. The lowest BCUT2D eigenvalue weighted by atomic mass is 10.1. The van der Waals surface area contributed by atoms with E-state index in [1.54, 1.807) is 0 Å². The molecule has 19 heavy (non-hydrogen) atoms. The number of fused-ring (bicyclic) bond motifs is 1. The molecule has 0 spiro atoms. The van der Waals surface area contributed by atoms with E-state index in [1.165, 1.54) is 43.2 Å². The SMILES string of the molecule is c1ccc2cc(OCCCN3CCCC3)ccc2c1. The van der Waals surface area contributed by atoms with Crippen molar-refractivity contribution in [2.45, 2.75) is 19.3 Å². The highest BCUT2D eigenvalue weighted by atomic mass is 16.5. The first-order valence-corrected chi connectivity index (χ1v) is 7.26. The molecule has 0 N–H and O–H groups in total.